The van der Waals surface area contributed by atoms with Gasteiger partial charge in [-0.3, -0.25) is 0 Å². The Morgan fingerprint density at radius 2 is 1.79 bits per heavy atom. The Bertz CT molecular complexity index is 1580. The van der Waals surface area contributed by atoms with Gasteiger partial charge in [0.2, 0.25) is 16.0 Å². The minimum atomic E-state index is -3.69. The standard InChI is InChI=1S/C24H23N5O2S2/c1-14(2)33(30,31)29-19-13-17(9-10-18(19)26-24(29)25)21-20(16-7-5-4-6-8-16)27-23(28-21)22-15(3)11-12-32-22/h4-14H,1-3H3,(H2,25,26)(H,27,28). The highest BCUT2D eigenvalue weighted by Crippen LogP contribution is 2.37. The van der Waals surface area contributed by atoms with Crippen molar-refractivity contribution in [3.63, 3.8) is 0 Å². The zero-order chi connectivity index (χ0) is 23.3. The topological polar surface area (TPSA) is 107 Å². The molecule has 168 valence electrons. The van der Waals surface area contributed by atoms with Crippen molar-refractivity contribution in [2.75, 3.05) is 5.73 Å². The molecule has 0 atom stereocenters. The van der Waals surface area contributed by atoms with Crippen LogP contribution in [-0.4, -0.2) is 32.6 Å². The van der Waals surface area contributed by atoms with E-state index >= 15 is 0 Å². The molecule has 0 bridgehead atoms. The lowest BCUT2D eigenvalue weighted by Crippen LogP contribution is -2.23. The molecule has 3 aromatic heterocycles. The van der Waals surface area contributed by atoms with Crippen LogP contribution in [0, 0.1) is 6.92 Å². The number of benzene rings is 2. The molecule has 0 unspecified atom stereocenters. The van der Waals surface area contributed by atoms with Crippen LogP contribution in [0.2, 0.25) is 0 Å². The van der Waals surface area contributed by atoms with Crippen LogP contribution in [0.5, 0.6) is 0 Å². The molecule has 5 aromatic rings. The highest BCUT2D eigenvalue weighted by atomic mass is 32.2. The van der Waals surface area contributed by atoms with Crippen LogP contribution >= 0.6 is 11.3 Å². The number of nitrogens with one attached hydrogen (secondary N) is 1. The van der Waals surface area contributed by atoms with Crippen LogP contribution in [-0.2, 0) is 10.0 Å². The Balaban J connectivity index is 1.76. The van der Waals surface area contributed by atoms with Crippen molar-refractivity contribution >= 4 is 38.3 Å². The summed E-state index contributed by atoms with van der Waals surface area (Å²) in [6, 6.07) is 17.5. The molecule has 0 fully saturated rings. The summed E-state index contributed by atoms with van der Waals surface area (Å²) in [6.45, 7) is 5.31. The number of imidazole rings is 2. The lowest BCUT2D eigenvalue weighted by molar-refractivity contribution is 0.580. The van der Waals surface area contributed by atoms with E-state index in [1.54, 1.807) is 37.3 Å². The van der Waals surface area contributed by atoms with E-state index in [2.05, 4.69) is 23.0 Å². The van der Waals surface area contributed by atoms with Crippen LogP contribution in [0.3, 0.4) is 0 Å². The molecule has 2 aromatic carbocycles. The van der Waals surface area contributed by atoms with Gasteiger partial charge in [0, 0.05) is 11.1 Å². The number of anilines is 1. The van der Waals surface area contributed by atoms with Gasteiger partial charge in [-0.1, -0.05) is 36.4 Å². The van der Waals surface area contributed by atoms with E-state index in [1.165, 1.54) is 0 Å². The van der Waals surface area contributed by atoms with E-state index in [1.807, 2.05) is 41.8 Å². The molecule has 0 aliphatic carbocycles. The maximum Gasteiger partial charge on any atom is 0.244 e. The minimum Gasteiger partial charge on any atom is -0.368 e. The first-order valence-corrected chi connectivity index (χ1v) is 12.9. The fourth-order valence-corrected chi connectivity index (χ4v) is 5.83. The smallest absolute Gasteiger partial charge is 0.244 e. The minimum absolute atomic E-state index is 0.0453. The van der Waals surface area contributed by atoms with Gasteiger partial charge < -0.3 is 10.7 Å². The van der Waals surface area contributed by atoms with Crippen LogP contribution in [0.1, 0.15) is 19.4 Å². The molecule has 3 heterocycles. The largest absolute Gasteiger partial charge is 0.368 e. The van der Waals surface area contributed by atoms with E-state index in [0.29, 0.717) is 11.0 Å². The van der Waals surface area contributed by atoms with Crippen molar-refractivity contribution in [1.82, 2.24) is 18.9 Å². The number of H-pyrrole nitrogens is 1. The Morgan fingerprint density at radius 1 is 1.03 bits per heavy atom. The summed E-state index contributed by atoms with van der Waals surface area (Å²) in [5, 5.41) is 1.40. The van der Waals surface area contributed by atoms with Crippen LogP contribution in [0.15, 0.2) is 60.0 Å². The van der Waals surface area contributed by atoms with Crippen molar-refractivity contribution in [3.8, 4) is 33.2 Å². The Kier molecular flexibility index (Phi) is 5.10. The maximum absolute atomic E-state index is 13.0. The number of hydrogen-bond acceptors (Lipinski definition) is 6. The first-order valence-electron chi connectivity index (χ1n) is 10.5. The summed E-state index contributed by atoms with van der Waals surface area (Å²) in [6.07, 6.45) is 0. The van der Waals surface area contributed by atoms with E-state index in [4.69, 9.17) is 10.7 Å². The number of nitrogens with two attached hydrogens (primary N) is 1. The Labute approximate surface area is 196 Å². The maximum atomic E-state index is 13.0. The van der Waals surface area contributed by atoms with Crippen molar-refractivity contribution in [1.29, 1.82) is 0 Å². The number of aromatic amines is 1. The summed E-state index contributed by atoms with van der Waals surface area (Å²) in [4.78, 5) is 13.8. The van der Waals surface area contributed by atoms with Crippen molar-refractivity contribution in [2.24, 2.45) is 0 Å². The third-order valence-corrected chi connectivity index (χ3v) is 8.71. The molecule has 0 aliphatic heterocycles. The normalized spacial score (nSPS) is 12.1. The number of nitrogens with zero attached hydrogens (tertiary/aromatic N) is 3. The third kappa shape index (κ3) is 3.53. The molecule has 0 saturated carbocycles. The lowest BCUT2D eigenvalue weighted by atomic mass is 10.0. The van der Waals surface area contributed by atoms with Crippen molar-refractivity contribution in [3.05, 3.63) is 65.5 Å². The zero-order valence-corrected chi connectivity index (χ0v) is 20.0. The van der Waals surface area contributed by atoms with E-state index in [9.17, 15) is 8.42 Å². The molecule has 33 heavy (non-hydrogen) atoms. The number of aryl methyl sites for hydroxylation is 1. The average Bonchev–Trinajstić information content (AvgIpc) is 3.49. The van der Waals surface area contributed by atoms with Crippen LogP contribution in [0.4, 0.5) is 5.95 Å². The van der Waals surface area contributed by atoms with Gasteiger partial charge in [0.1, 0.15) is 5.82 Å². The summed E-state index contributed by atoms with van der Waals surface area (Å²) < 4.78 is 27.1. The number of fused-ring (bicyclic) bond motifs is 1. The summed E-state index contributed by atoms with van der Waals surface area (Å²) in [5.41, 5.74) is 11.5. The summed E-state index contributed by atoms with van der Waals surface area (Å²) >= 11 is 1.63. The molecule has 0 spiro atoms. The zero-order valence-electron chi connectivity index (χ0n) is 18.4. The molecule has 5 rings (SSSR count). The molecular weight excluding hydrogens is 454 g/mol. The molecule has 0 aliphatic rings. The first kappa shape index (κ1) is 21.4. The summed E-state index contributed by atoms with van der Waals surface area (Å²) in [7, 11) is -3.69. The highest BCUT2D eigenvalue weighted by Gasteiger charge is 2.25. The number of nitrogen functional groups attached to an aromatic ring is 1. The monoisotopic (exact) mass is 477 g/mol. The second kappa shape index (κ2) is 7.86. The predicted molar refractivity (Wildman–Crippen MR) is 135 cm³/mol. The van der Waals surface area contributed by atoms with Gasteiger partial charge >= 0.3 is 0 Å². The SMILES string of the molecule is Cc1ccsc1-c1nc(-c2ccc3nc(N)n(S(=O)(=O)C(C)C)c3c2)c(-c2ccccc2)[nH]1. The van der Waals surface area contributed by atoms with Gasteiger partial charge in [-0.2, -0.15) is 0 Å². The van der Waals surface area contributed by atoms with Gasteiger partial charge in [-0.25, -0.2) is 22.4 Å². The van der Waals surface area contributed by atoms with Gasteiger partial charge in [-0.15, -0.1) is 11.3 Å². The van der Waals surface area contributed by atoms with E-state index in [-0.39, 0.29) is 5.95 Å². The second-order valence-corrected chi connectivity index (χ2v) is 11.4. The van der Waals surface area contributed by atoms with Crippen molar-refractivity contribution < 1.29 is 8.42 Å². The number of rotatable bonds is 5. The highest BCUT2D eigenvalue weighted by molar-refractivity contribution is 7.90. The first-order chi connectivity index (χ1) is 15.8. The quantitative estimate of drug-likeness (QED) is 0.357. The van der Waals surface area contributed by atoms with Crippen LogP contribution < -0.4 is 5.73 Å². The Hall–Kier alpha value is -3.43. The fraction of sp³-hybridized carbons (Fsp3) is 0.167. The van der Waals surface area contributed by atoms with Gasteiger partial charge in [0.05, 0.1) is 32.5 Å². The molecule has 0 radical (unpaired) electrons. The van der Waals surface area contributed by atoms with E-state index in [0.717, 1.165) is 42.8 Å². The van der Waals surface area contributed by atoms with Gasteiger partial charge in [0.15, 0.2) is 0 Å². The molecule has 0 amide bonds. The van der Waals surface area contributed by atoms with Gasteiger partial charge in [-0.05, 0) is 49.9 Å². The average molecular weight is 478 g/mol. The van der Waals surface area contributed by atoms with Gasteiger partial charge in [0.25, 0.3) is 0 Å². The summed E-state index contributed by atoms with van der Waals surface area (Å²) in [5.74, 6) is 0.732. The molecule has 9 heteroatoms. The number of hydrogen-bond donors (Lipinski definition) is 2. The molecule has 7 nitrogen and oxygen atoms in total. The second-order valence-electron chi connectivity index (χ2n) is 8.14. The molecule has 0 saturated heterocycles. The predicted octanol–water partition coefficient (Wildman–Crippen LogP) is 5.30. The molecular formula is C24H23N5O2S2. The number of aromatic nitrogens is 4. The third-order valence-electron chi connectivity index (χ3n) is 5.60. The van der Waals surface area contributed by atoms with E-state index < -0.39 is 15.3 Å². The Morgan fingerprint density at radius 3 is 2.45 bits per heavy atom. The molecule has 3 N–H and O–H groups in total. The fourth-order valence-electron chi connectivity index (χ4n) is 3.82. The van der Waals surface area contributed by atoms with Crippen LogP contribution in [0.25, 0.3) is 44.2 Å². The lowest BCUT2D eigenvalue weighted by Gasteiger charge is -2.11. The van der Waals surface area contributed by atoms with Crippen molar-refractivity contribution in [2.45, 2.75) is 26.0 Å². The number of thiophene rings is 1.